The van der Waals surface area contributed by atoms with Gasteiger partial charge in [0.15, 0.2) is 0 Å². The molecule has 0 saturated carbocycles. The lowest BCUT2D eigenvalue weighted by Gasteiger charge is -2.16. The van der Waals surface area contributed by atoms with E-state index in [9.17, 15) is 9.18 Å². The Morgan fingerprint density at radius 3 is 2.45 bits per heavy atom. The van der Waals surface area contributed by atoms with Crippen molar-refractivity contribution < 1.29 is 4.39 Å². The molecule has 0 saturated heterocycles. The molecule has 0 bridgehead atoms. The topological polar surface area (TPSA) is 60.9 Å². The number of nitrogens with two attached hydrogens (primary N) is 1. The number of hydrogen-bond donors (Lipinski definition) is 1. The van der Waals surface area contributed by atoms with E-state index in [-0.39, 0.29) is 17.3 Å². The van der Waals surface area contributed by atoms with Gasteiger partial charge in [-0.2, -0.15) is 5.10 Å². The molecule has 0 spiro atoms. The molecular weight excluding hydrogens is 281 g/mol. The van der Waals surface area contributed by atoms with Gasteiger partial charge in [0.25, 0.3) is 5.56 Å². The Morgan fingerprint density at radius 2 is 1.91 bits per heavy atom. The van der Waals surface area contributed by atoms with Gasteiger partial charge in [-0.25, -0.2) is 9.07 Å². The average Bonchev–Trinajstić information content (AvgIpc) is 2.49. The van der Waals surface area contributed by atoms with Gasteiger partial charge < -0.3 is 5.73 Å². The van der Waals surface area contributed by atoms with E-state index in [1.807, 2.05) is 20.8 Å². The summed E-state index contributed by atoms with van der Waals surface area (Å²) in [6.07, 6.45) is 0.819. The fourth-order valence-electron chi connectivity index (χ4n) is 2.30. The maximum absolute atomic E-state index is 13.0. The third kappa shape index (κ3) is 3.42. The fraction of sp³-hybridized carbons (Fsp3) is 0.412. The van der Waals surface area contributed by atoms with Crippen molar-refractivity contribution in [2.45, 2.75) is 45.7 Å². The molecule has 2 rings (SSSR count). The van der Waals surface area contributed by atoms with E-state index >= 15 is 0 Å². The second-order valence-electron chi connectivity index (χ2n) is 5.74. The number of halogens is 1. The molecule has 5 heteroatoms. The van der Waals surface area contributed by atoms with Gasteiger partial charge in [-0.3, -0.25) is 4.79 Å². The zero-order chi connectivity index (χ0) is 16.3. The minimum absolute atomic E-state index is 0.178. The first kappa shape index (κ1) is 16.4. The van der Waals surface area contributed by atoms with Crippen LogP contribution in [0.4, 0.5) is 4.39 Å². The lowest BCUT2D eigenvalue weighted by atomic mass is 9.98. The number of aromatic nitrogens is 2. The molecule has 118 valence electrons. The maximum atomic E-state index is 13.0. The molecule has 1 atom stereocenters. The van der Waals surface area contributed by atoms with E-state index in [4.69, 9.17) is 5.73 Å². The minimum atomic E-state index is -0.586. The van der Waals surface area contributed by atoms with Crippen LogP contribution in [-0.4, -0.2) is 9.78 Å². The Hall–Kier alpha value is -2.01. The largest absolute Gasteiger partial charge is 0.320 e. The Bertz CT molecular complexity index is 692. The molecule has 4 nitrogen and oxygen atoms in total. The third-order valence-corrected chi connectivity index (χ3v) is 3.61. The molecular formula is C17H22FN3O. The van der Waals surface area contributed by atoms with Crippen molar-refractivity contribution in [3.05, 3.63) is 63.3 Å². The highest BCUT2D eigenvalue weighted by atomic mass is 19.1. The van der Waals surface area contributed by atoms with E-state index in [0.717, 1.165) is 12.1 Å². The van der Waals surface area contributed by atoms with Crippen molar-refractivity contribution in [3.8, 4) is 0 Å². The first-order valence-electron chi connectivity index (χ1n) is 7.57. The van der Waals surface area contributed by atoms with E-state index in [2.05, 4.69) is 5.10 Å². The minimum Gasteiger partial charge on any atom is -0.320 e. The fourth-order valence-corrected chi connectivity index (χ4v) is 2.30. The van der Waals surface area contributed by atoms with Crippen LogP contribution in [0.3, 0.4) is 0 Å². The molecule has 1 aromatic heterocycles. The van der Waals surface area contributed by atoms with Crippen LogP contribution >= 0.6 is 0 Å². The Kier molecular flexibility index (Phi) is 5.08. The SMILES string of the molecule is CCCn1nc(C(C)C)cc(C(N)c2ccc(F)cc2)c1=O. The summed E-state index contributed by atoms with van der Waals surface area (Å²) in [6, 6.07) is 7.11. The second-order valence-corrected chi connectivity index (χ2v) is 5.74. The van der Waals surface area contributed by atoms with Crippen LogP contribution in [0, 0.1) is 5.82 Å². The van der Waals surface area contributed by atoms with Crippen LogP contribution < -0.4 is 11.3 Å². The summed E-state index contributed by atoms with van der Waals surface area (Å²) in [5.41, 5.74) is 8.10. The summed E-state index contributed by atoms with van der Waals surface area (Å²) in [6.45, 7) is 6.60. The summed E-state index contributed by atoms with van der Waals surface area (Å²) >= 11 is 0. The van der Waals surface area contributed by atoms with Gasteiger partial charge in [-0.1, -0.05) is 32.9 Å². The molecule has 0 aliphatic carbocycles. The first-order valence-corrected chi connectivity index (χ1v) is 7.57. The van der Waals surface area contributed by atoms with Gasteiger partial charge in [0.2, 0.25) is 0 Å². The molecule has 1 heterocycles. The highest BCUT2D eigenvalue weighted by Gasteiger charge is 2.17. The Morgan fingerprint density at radius 1 is 1.27 bits per heavy atom. The summed E-state index contributed by atoms with van der Waals surface area (Å²) in [5, 5.41) is 4.40. The molecule has 22 heavy (non-hydrogen) atoms. The van der Waals surface area contributed by atoms with Crippen LogP contribution in [0.1, 0.15) is 56.0 Å². The van der Waals surface area contributed by atoms with E-state index in [1.54, 1.807) is 18.2 Å². The number of nitrogens with zero attached hydrogens (tertiary/aromatic N) is 2. The van der Waals surface area contributed by atoms with Crippen molar-refractivity contribution in [1.82, 2.24) is 9.78 Å². The number of hydrogen-bond acceptors (Lipinski definition) is 3. The predicted molar refractivity (Wildman–Crippen MR) is 85.3 cm³/mol. The van der Waals surface area contributed by atoms with Gasteiger partial charge in [0, 0.05) is 12.1 Å². The normalized spacial score (nSPS) is 12.6. The van der Waals surface area contributed by atoms with Crippen molar-refractivity contribution in [1.29, 1.82) is 0 Å². The first-order chi connectivity index (χ1) is 10.4. The third-order valence-electron chi connectivity index (χ3n) is 3.61. The zero-order valence-corrected chi connectivity index (χ0v) is 13.2. The quantitative estimate of drug-likeness (QED) is 0.923. The molecule has 0 fully saturated rings. The van der Waals surface area contributed by atoms with Gasteiger partial charge in [-0.15, -0.1) is 0 Å². The lowest BCUT2D eigenvalue weighted by molar-refractivity contribution is 0.537. The average molecular weight is 303 g/mol. The zero-order valence-electron chi connectivity index (χ0n) is 13.2. The maximum Gasteiger partial charge on any atom is 0.271 e. The summed E-state index contributed by atoms with van der Waals surface area (Å²) < 4.78 is 14.5. The second kappa shape index (κ2) is 6.83. The number of aryl methyl sites for hydroxylation is 1. The standard InChI is InChI=1S/C17H22FN3O/c1-4-9-21-17(22)14(10-15(20-21)11(2)3)16(19)12-5-7-13(18)8-6-12/h5-8,10-11,16H,4,9,19H2,1-3H3. The number of benzene rings is 1. The van der Waals surface area contributed by atoms with Gasteiger partial charge in [0.1, 0.15) is 5.82 Å². The Labute approximate surface area is 129 Å². The predicted octanol–water partition coefficient (Wildman–Crippen LogP) is 2.96. The van der Waals surface area contributed by atoms with Crippen LogP contribution in [0.2, 0.25) is 0 Å². The van der Waals surface area contributed by atoms with Crippen LogP contribution in [-0.2, 0) is 6.54 Å². The van der Waals surface area contributed by atoms with Crippen molar-refractivity contribution in [2.75, 3.05) is 0 Å². The van der Waals surface area contributed by atoms with Crippen molar-refractivity contribution >= 4 is 0 Å². The highest BCUT2D eigenvalue weighted by Crippen LogP contribution is 2.20. The molecule has 0 radical (unpaired) electrons. The van der Waals surface area contributed by atoms with Gasteiger partial charge in [-0.05, 0) is 36.1 Å². The van der Waals surface area contributed by atoms with E-state index < -0.39 is 6.04 Å². The Balaban J connectivity index is 2.52. The van der Waals surface area contributed by atoms with Crippen LogP contribution in [0.5, 0.6) is 0 Å². The molecule has 0 aliphatic rings. The smallest absolute Gasteiger partial charge is 0.271 e. The molecule has 2 N–H and O–H groups in total. The summed E-state index contributed by atoms with van der Waals surface area (Å²) in [7, 11) is 0. The summed E-state index contributed by atoms with van der Waals surface area (Å²) in [4.78, 5) is 12.6. The lowest BCUT2D eigenvalue weighted by Crippen LogP contribution is -2.31. The molecule has 0 aliphatic heterocycles. The molecule has 0 amide bonds. The van der Waals surface area contributed by atoms with Crippen molar-refractivity contribution in [3.63, 3.8) is 0 Å². The molecule has 1 aromatic carbocycles. The monoisotopic (exact) mass is 303 g/mol. The van der Waals surface area contributed by atoms with Crippen LogP contribution in [0.25, 0.3) is 0 Å². The number of rotatable bonds is 5. The van der Waals surface area contributed by atoms with E-state index in [0.29, 0.717) is 17.7 Å². The van der Waals surface area contributed by atoms with E-state index in [1.165, 1.54) is 16.8 Å². The van der Waals surface area contributed by atoms with Crippen molar-refractivity contribution in [2.24, 2.45) is 5.73 Å². The molecule has 1 unspecified atom stereocenters. The van der Waals surface area contributed by atoms with Gasteiger partial charge >= 0.3 is 0 Å². The highest BCUT2D eigenvalue weighted by molar-refractivity contribution is 5.31. The van der Waals surface area contributed by atoms with Crippen LogP contribution in [0.15, 0.2) is 35.1 Å². The summed E-state index contributed by atoms with van der Waals surface area (Å²) in [5.74, 6) is -0.125. The van der Waals surface area contributed by atoms with Gasteiger partial charge in [0.05, 0.1) is 11.7 Å². The molecule has 2 aromatic rings.